The van der Waals surface area contributed by atoms with Gasteiger partial charge in [-0.2, -0.15) is 0 Å². The molecule has 0 fully saturated rings. The molecule has 0 amide bonds. The molecule has 2 rings (SSSR count). The predicted molar refractivity (Wildman–Crippen MR) is 106 cm³/mol. The van der Waals surface area contributed by atoms with Gasteiger partial charge < -0.3 is 5.11 Å². The van der Waals surface area contributed by atoms with E-state index < -0.39 is 5.97 Å². The Bertz CT molecular complexity index is 742. The van der Waals surface area contributed by atoms with Crippen molar-refractivity contribution >= 4 is 17.5 Å². The molecule has 0 saturated heterocycles. The normalized spacial score (nSPS) is 23.4. The van der Waals surface area contributed by atoms with Crippen molar-refractivity contribution in [2.75, 3.05) is 0 Å². The Labute approximate surface area is 161 Å². The lowest BCUT2D eigenvalue weighted by Gasteiger charge is -2.39. The highest BCUT2D eigenvalue weighted by Crippen LogP contribution is 2.42. The van der Waals surface area contributed by atoms with Crippen LogP contribution in [0.1, 0.15) is 68.2 Å². The average molecular weight is 370 g/mol. The van der Waals surface area contributed by atoms with Crippen molar-refractivity contribution in [1.82, 2.24) is 0 Å². The number of allylic oxidation sites excluding steroid dienone is 2. The zero-order valence-corrected chi connectivity index (χ0v) is 16.9. The van der Waals surface area contributed by atoms with E-state index in [9.17, 15) is 14.4 Å². The van der Waals surface area contributed by atoms with Crippen molar-refractivity contribution in [2.45, 2.75) is 47.5 Å². The molecular weight excluding hydrogens is 340 g/mol. The summed E-state index contributed by atoms with van der Waals surface area (Å²) in [5, 5.41) is 8.97. The van der Waals surface area contributed by atoms with Crippen molar-refractivity contribution in [2.24, 2.45) is 29.1 Å². The van der Waals surface area contributed by atoms with Crippen LogP contribution in [0.5, 0.6) is 0 Å². The second-order valence-electron chi connectivity index (χ2n) is 8.64. The molecule has 0 aromatic heterocycles. The minimum atomic E-state index is -1.01. The Hall–Kier alpha value is -2.23. The number of carbonyl (C=O) groups excluding carboxylic acids is 2. The SMILES string of the molecule is CC1C=CCC(C)(C)C1C(=O)CC(C)C(C)C(=O)c1ccc(C(=O)O)cc1. The fraction of sp³-hybridized carbons (Fsp3) is 0.522. The van der Waals surface area contributed by atoms with Crippen LogP contribution < -0.4 is 0 Å². The van der Waals surface area contributed by atoms with Crippen LogP contribution in [-0.4, -0.2) is 22.6 Å². The lowest BCUT2D eigenvalue weighted by atomic mass is 9.64. The number of hydrogen-bond donors (Lipinski definition) is 1. The molecule has 0 aliphatic heterocycles. The first kappa shape index (κ1) is 21.1. The Morgan fingerprint density at radius 2 is 1.67 bits per heavy atom. The fourth-order valence-electron chi connectivity index (χ4n) is 4.18. The summed E-state index contributed by atoms with van der Waals surface area (Å²) in [6.45, 7) is 10.2. The number of aromatic carboxylic acids is 1. The minimum Gasteiger partial charge on any atom is -0.478 e. The van der Waals surface area contributed by atoms with E-state index in [0.29, 0.717) is 12.0 Å². The largest absolute Gasteiger partial charge is 0.478 e. The summed E-state index contributed by atoms with van der Waals surface area (Å²) in [6.07, 6.45) is 5.56. The molecule has 4 unspecified atom stereocenters. The number of ketones is 2. The first-order valence-electron chi connectivity index (χ1n) is 9.61. The molecule has 1 N–H and O–H groups in total. The predicted octanol–water partition coefficient (Wildman–Crippen LogP) is 5.04. The molecule has 1 aromatic rings. The van der Waals surface area contributed by atoms with Crippen molar-refractivity contribution < 1.29 is 19.5 Å². The molecule has 4 atom stereocenters. The Kier molecular flexibility index (Phi) is 6.40. The van der Waals surface area contributed by atoms with Crippen LogP contribution in [0.3, 0.4) is 0 Å². The van der Waals surface area contributed by atoms with Crippen LogP contribution in [0.4, 0.5) is 0 Å². The topological polar surface area (TPSA) is 71.4 Å². The Morgan fingerprint density at radius 3 is 2.19 bits per heavy atom. The average Bonchev–Trinajstić information content (AvgIpc) is 2.59. The summed E-state index contributed by atoms with van der Waals surface area (Å²) in [5.74, 6) is -1.03. The van der Waals surface area contributed by atoms with Gasteiger partial charge in [-0.15, -0.1) is 0 Å². The first-order chi connectivity index (χ1) is 12.5. The van der Waals surface area contributed by atoms with E-state index >= 15 is 0 Å². The third-order valence-electron chi connectivity index (χ3n) is 6.00. The van der Waals surface area contributed by atoms with Gasteiger partial charge in [0.1, 0.15) is 5.78 Å². The smallest absolute Gasteiger partial charge is 0.335 e. The number of carbonyl (C=O) groups is 3. The lowest BCUT2D eigenvalue weighted by molar-refractivity contribution is -0.129. The monoisotopic (exact) mass is 370 g/mol. The fourth-order valence-corrected chi connectivity index (χ4v) is 4.18. The summed E-state index contributed by atoms with van der Waals surface area (Å²) in [6, 6.07) is 5.98. The molecule has 1 aliphatic carbocycles. The number of carboxylic acids is 1. The molecule has 146 valence electrons. The van der Waals surface area contributed by atoms with Gasteiger partial charge in [0.15, 0.2) is 5.78 Å². The zero-order chi connectivity index (χ0) is 20.4. The highest BCUT2D eigenvalue weighted by Gasteiger charge is 2.40. The van der Waals surface area contributed by atoms with Gasteiger partial charge in [0.05, 0.1) is 5.56 Å². The van der Waals surface area contributed by atoms with Gasteiger partial charge in [-0.1, -0.05) is 58.9 Å². The van der Waals surface area contributed by atoms with Crippen LogP contribution >= 0.6 is 0 Å². The maximum Gasteiger partial charge on any atom is 0.335 e. The van der Waals surface area contributed by atoms with Crippen LogP contribution in [0, 0.1) is 29.1 Å². The summed E-state index contributed by atoms with van der Waals surface area (Å²) < 4.78 is 0. The van der Waals surface area contributed by atoms with Gasteiger partial charge in [0, 0.05) is 23.8 Å². The molecule has 0 spiro atoms. The molecule has 0 heterocycles. The number of benzene rings is 1. The van der Waals surface area contributed by atoms with E-state index in [2.05, 4.69) is 32.9 Å². The Balaban J connectivity index is 2.07. The van der Waals surface area contributed by atoms with Crippen LogP contribution in [0.25, 0.3) is 0 Å². The summed E-state index contributed by atoms with van der Waals surface area (Å²) in [4.78, 5) is 36.7. The van der Waals surface area contributed by atoms with Crippen LogP contribution in [-0.2, 0) is 4.79 Å². The third-order valence-corrected chi connectivity index (χ3v) is 6.00. The highest BCUT2D eigenvalue weighted by atomic mass is 16.4. The molecule has 0 radical (unpaired) electrons. The molecule has 1 aromatic carbocycles. The number of rotatable bonds is 7. The zero-order valence-electron chi connectivity index (χ0n) is 16.9. The lowest BCUT2D eigenvalue weighted by Crippen LogP contribution is -2.38. The second kappa shape index (κ2) is 8.20. The van der Waals surface area contributed by atoms with E-state index in [-0.39, 0.29) is 46.2 Å². The quantitative estimate of drug-likeness (QED) is 0.539. The number of carboxylic acid groups (broad SMARTS) is 1. The Morgan fingerprint density at radius 1 is 1.11 bits per heavy atom. The maximum absolute atomic E-state index is 13.0. The molecular formula is C23H30O4. The number of Topliss-reactive ketones (excluding diaryl/α,β-unsaturated/α-hetero) is 2. The van der Waals surface area contributed by atoms with E-state index in [4.69, 9.17) is 5.11 Å². The van der Waals surface area contributed by atoms with Crippen molar-refractivity contribution in [3.05, 3.63) is 47.5 Å². The summed E-state index contributed by atoms with van der Waals surface area (Å²) in [7, 11) is 0. The van der Waals surface area contributed by atoms with Gasteiger partial charge in [-0.3, -0.25) is 9.59 Å². The second-order valence-corrected chi connectivity index (χ2v) is 8.64. The summed E-state index contributed by atoms with van der Waals surface area (Å²) in [5.41, 5.74) is 0.579. The molecule has 0 bridgehead atoms. The molecule has 0 saturated carbocycles. The molecule has 4 nitrogen and oxygen atoms in total. The molecule has 27 heavy (non-hydrogen) atoms. The van der Waals surface area contributed by atoms with Crippen LogP contribution in [0.15, 0.2) is 36.4 Å². The third kappa shape index (κ3) is 4.74. The van der Waals surface area contributed by atoms with E-state index in [1.165, 1.54) is 12.1 Å². The van der Waals surface area contributed by atoms with E-state index in [0.717, 1.165) is 6.42 Å². The standard InChI is InChI=1S/C23H30O4/c1-14-7-6-12-23(4,5)20(14)19(24)13-15(2)16(3)21(25)17-8-10-18(11-9-17)22(26)27/h6-11,14-16,20H,12-13H2,1-5H3,(H,26,27). The van der Waals surface area contributed by atoms with Crippen LogP contribution in [0.2, 0.25) is 0 Å². The van der Waals surface area contributed by atoms with Gasteiger partial charge in [0.2, 0.25) is 0 Å². The van der Waals surface area contributed by atoms with Gasteiger partial charge in [-0.25, -0.2) is 4.79 Å². The number of hydrogen-bond acceptors (Lipinski definition) is 3. The summed E-state index contributed by atoms with van der Waals surface area (Å²) >= 11 is 0. The van der Waals surface area contributed by atoms with E-state index in [1.807, 2.05) is 13.8 Å². The van der Waals surface area contributed by atoms with Crippen molar-refractivity contribution in [3.63, 3.8) is 0 Å². The molecule has 4 heteroatoms. The van der Waals surface area contributed by atoms with Gasteiger partial charge >= 0.3 is 5.97 Å². The molecule has 1 aliphatic rings. The van der Waals surface area contributed by atoms with Crippen molar-refractivity contribution in [3.8, 4) is 0 Å². The van der Waals surface area contributed by atoms with Gasteiger partial charge in [0.25, 0.3) is 0 Å². The first-order valence-corrected chi connectivity index (χ1v) is 9.61. The van der Waals surface area contributed by atoms with E-state index in [1.54, 1.807) is 12.1 Å². The highest BCUT2D eigenvalue weighted by molar-refractivity contribution is 5.99. The minimum absolute atomic E-state index is 0.0258. The van der Waals surface area contributed by atoms with Crippen molar-refractivity contribution in [1.29, 1.82) is 0 Å². The maximum atomic E-state index is 13.0. The van der Waals surface area contributed by atoms with Gasteiger partial charge in [-0.05, 0) is 35.8 Å².